The van der Waals surface area contributed by atoms with Gasteiger partial charge in [0.15, 0.2) is 0 Å². The molecule has 5 rings (SSSR count). The minimum Gasteiger partial charge on any atom is -0.377 e. The Bertz CT molecular complexity index is 878. The van der Waals surface area contributed by atoms with Gasteiger partial charge in [0.25, 0.3) is 11.8 Å². The standard InChI is InChI=1S/C24H30N4O6/c29-21-11-19(25-13-17-3-1-9-33-17)23(31)27(21)15-5-7-16(8-6-15)28-22(30)12-20(24(28)32)26-14-18-4-2-10-34-18/h5-8,17-20,25-26H,1-4,9-14H2/t17-,18+,19-,20-/m0/s1. The van der Waals surface area contributed by atoms with E-state index in [1.54, 1.807) is 24.3 Å². The highest BCUT2D eigenvalue weighted by atomic mass is 16.5. The third-order valence-corrected chi connectivity index (χ3v) is 6.89. The molecule has 1 aromatic carbocycles. The number of benzene rings is 1. The molecular formula is C24H30N4O6. The van der Waals surface area contributed by atoms with Gasteiger partial charge in [0.05, 0.1) is 48.5 Å². The van der Waals surface area contributed by atoms with Crippen molar-refractivity contribution in [3.63, 3.8) is 0 Å². The van der Waals surface area contributed by atoms with Gasteiger partial charge in [-0.25, -0.2) is 9.80 Å². The molecule has 4 heterocycles. The van der Waals surface area contributed by atoms with E-state index in [1.165, 1.54) is 0 Å². The first-order valence-corrected chi connectivity index (χ1v) is 12.0. The SMILES string of the molecule is O=C1C[C@H](NC[C@H]2CCCO2)C(=O)N1c1ccc(N2C(=O)C[C@H](NC[C@@H]3CCCO3)C2=O)cc1. The first-order chi connectivity index (χ1) is 16.5. The number of amides is 4. The lowest BCUT2D eigenvalue weighted by atomic mass is 10.2. The number of hydrogen-bond acceptors (Lipinski definition) is 8. The number of anilines is 2. The van der Waals surface area contributed by atoms with E-state index < -0.39 is 12.1 Å². The third-order valence-electron chi connectivity index (χ3n) is 6.89. The molecule has 0 saturated carbocycles. The summed E-state index contributed by atoms with van der Waals surface area (Å²) in [7, 11) is 0. The summed E-state index contributed by atoms with van der Waals surface area (Å²) in [6.07, 6.45) is 4.26. The maximum atomic E-state index is 12.9. The quantitative estimate of drug-likeness (QED) is 0.527. The lowest BCUT2D eigenvalue weighted by Gasteiger charge is -2.19. The van der Waals surface area contributed by atoms with E-state index in [4.69, 9.17) is 9.47 Å². The number of imide groups is 2. The van der Waals surface area contributed by atoms with E-state index in [0.717, 1.165) is 48.7 Å². The molecule has 0 bridgehead atoms. The summed E-state index contributed by atoms with van der Waals surface area (Å²) in [5.74, 6) is -1.17. The lowest BCUT2D eigenvalue weighted by molar-refractivity contribution is -0.123. The minimum atomic E-state index is -0.575. The average Bonchev–Trinajstić information content (AvgIpc) is 3.61. The van der Waals surface area contributed by atoms with Crippen LogP contribution < -0.4 is 20.4 Å². The van der Waals surface area contributed by atoms with Crippen molar-refractivity contribution in [2.24, 2.45) is 0 Å². The molecule has 4 amide bonds. The molecular weight excluding hydrogens is 440 g/mol. The molecule has 10 nitrogen and oxygen atoms in total. The zero-order chi connectivity index (χ0) is 23.7. The Labute approximate surface area is 197 Å². The highest BCUT2D eigenvalue weighted by molar-refractivity contribution is 6.24. The summed E-state index contributed by atoms with van der Waals surface area (Å²) in [6, 6.07) is 5.24. The Morgan fingerprint density at radius 1 is 0.706 bits per heavy atom. The van der Waals surface area contributed by atoms with E-state index in [-0.39, 0.29) is 48.7 Å². The van der Waals surface area contributed by atoms with Crippen LogP contribution >= 0.6 is 0 Å². The highest BCUT2D eigenvalue weighted by Gasteiger charge is 2.41. The second-order valence-electron chi connectivity index (χ2n) is 9.25. The Morgan fingerprint density at radius 2 is 1.12 bits per heavy atom. The highest BCUT2D eigenvalue weighted by Crippen LogP contribution is 2.29. The van der Waals surface area contributed by atoms with Gasteiger partial charge < -0.3 is 20.1 Å². The normalized spacial score (nSPS) is 29.8. The molecule has 4 aliphatic heterocycles. The van der Waals surface area contributed by atoms with Crippen molar-refractivity contribution in [1.29, 1.82) is 0 Å². The number of carbonyl (C=O) groups is 4. The molecule has 0 spiro atoms. The van der Waals surface area contributed by atoms with Crippen LogP contribution in [-0.4, -0.2) is 74.2 Å². The molecule has 4 atom stereocenters. The van der Waals surface area contributed by atoms with Crippen LogP contribution in [0.3, 0.4) is 0 Å². The minimum absolute atomic E-state index is 0.0794. The molecule has 10 heteroatoms. The van der Waals surface area contributed by atoms with Crippen molar-refractivity contribution in [1.82, 2.24) is 10.6 Å². The summed E-state index contributed by atoms with van der Waals surface area (Å²) in [6.45, 7) is 2.54. The van der Waals surface area contributed by atoms with Crippen LogP contribution in [0.25, 0.3) is 0 Å². The van der Waals surface area contributed by atoms with Crippen LogP contribution in [0.4, 0.5) is 11.4 Å². The second kappa shape index (κ2) is 9.91. The van der Waals surface area contributed by atoms with Crippen molar-refractivity contribution in [3.05, 3.63) is 24.3 Å². The van der Waals surface area contributed by atoms with Gasteiger partial charge in [-0.2, -0.15) is 0 Å². The van der Waals surface area contributed by atoms with E-state index in [0.29, 0.717) is 24.5 Å². The van der Waals surface area contributed by atoms with Crippen LogP contribution in [0.1, 0.15) is 38.5 Å². The van der Waals surface area contributed by atoms with E-state index in [2.05, 4.69) is 10.6 Å². The predicted molar refractivity (Wildman–Crippen MR) is 122 cm³/mol. The maximum Gasteiger partial charge on any atom is 0.251 e. The van der Waals surface area contributed by atoms with Crippen molar-refractivity contribution < 1.29 is 28.7 Å². The molecule has 1 aromatic rings. The van der Waals surface area contributed by atoms with Crippen LogP contribution in [0.15, 0.2) is 24.3 Å². The smallest absolute Gasteiger partial charge is 0.251 e. The van der Waals surface area contributed by atoms with Gasteiger partial charge in [0, 0.05) is 26.3 Å². The van der Waals surface area contributed by atoms with Gasteiger partial charge in [0.1, 0.15) is 0 Å². The number of nitrogens with zero attached hydrogens (tertiary/aromatic N) is 2. The molecule has 4 fully saturated rings. The van der Waals surface area contributed by atoms with Crippen molar-refractivity contribution in [3.8, 4) is 0 Å². The predicted octanol–water partition coefficient (Wildman–Crippen LogP) is 0.488. The maximum absolute atomic E-state index is 12.9. The third kappa shape index (κ3) is 4.63. The van der Waals surface area contributed by atoms with Crippen molar-refractivity contribution >= 4 is 35.0 Å². The van der Waals surface area contributed by atoms with Crippen molar-refractivity contribution in [2.45, 2.75) is 62.8 Å². The lowest BCUT2D eigenvalue weighted by Crippen LogP contribution is -2.42. The zero-order valence-electron chi connectivity index (χ0n) is 19.0. The number of nitrogens with one attached hydrogen (secondary N) is 2. The van der Waals surface area contributed by atoms with Crippen molar-refractivity contribution in [2.75, 3.05) is 36.1 Å². The Balaban J connectivity index is 1.20. The van der Waals surface area contributed by atoms with E-state index >= 15 is 0 Å². The fraction of sp³-hybridized carbons (Fsp3) is 0.583. The van der Waals surface area contributed by atoms with Gasteiger partial charge in [-0.3, -0.25) is 19.2 Å². The largest absolute Gasteiger partial charge is 0.377 e. The summed E-state index contributed by atoms with van der Waals surface area (Å²) in [4.78, 5) is 53.2. The molecule has 0 aromatic heterocycles. The molecule has 2 N–H and O–H groups in total. The van der Waals surface area contributed by atoms with E-state index in [9.17, 15) is 19.2 Å². The average molecular weight is 471 g/mol. The number of carbonyl (C=O) groups excluding carboxylic acids is 4. The van der Waals surface area contributed by atoms with Gasteiger partial charge in [0.2, 0.25) is 11.8 Å². The first-order valence-electron chi connectivity index (χ1n) is 12.0. The Kier molecular flexibility index (Phi) is 6.73. The molecule has 4 saturated heterocycles. The van der Waals surface area contributed by atoms with Crippen LogP contribution in [-0.2, 0) is 28.7 Å². The molecule has 0 unspecified atom stereocenters. The molecule has 34 heavy (non-hydrogen) atoms. The topological polar surface area (TPSA) is 117 Å². The zero-order valence-corrected chi connectivity index (χ0v) is 19.0. The Hall–Kier alpha value is -2.66. The summed E-state index contributed by atoms with van der Waals surface area (Å²) in [5, 5.41) is 6.32. The Morgan fingerprint density at radius 3 is 1.47 bits per heavy atom. The van der Waals surface area contributed by atoms with Gasteiger partial charge in [-0.1, -0.05) is 0 Å². The number of hydrogen-bond donors (Lipinski definition) is 2. The van der Waals surface area contributed by atoms with Gasteiger partial charge in [-0.05, 0) is 49.9 Å². The van der Waals surface area contributed by atoms with Crippen LogP contribution in [0, 0.1) is 0 Å². The van der Waals surface area contributed by atoms with Crippen LogP contribution in [0.2, 0.25) is 0 Å². The number of rotatable bonds is 8. The summed E-state index contributed by atoms with van der Waals surface area (Å²) < 4.78 is 11.1. The number of ether oxygens (including phenoxy) is 2. The summed E-state index contributed by atoms with van der Waals surface area (Å²) in [5.41, 5.74) is 0.847. The van der Waals surface area contributed by atoms with Gasteiger partial charge >= 0.3 is 0 Å². The van der Waals surface area contributed by atoms with Crippen LogP contribution in [0.5, 0.6) is 0 Å². The molecule has 182 valence electrons. The fourth-order valence-corrected chi connectivity index (χ4v) is 5.03. The second-order valence-corrected chi connectivity index (χ2v) is 9.25. The van der Waals surface area contributed by atoms with Gasteiger partial charge in [-0.15, -0.1) is 0 Å². The summed E-state index contributed by atoms with van der Waals surface area (Å²) >= 11 is 0. The molecule has 0 aliphatic carbocycles. The monoisotopic (exact) mass is 470 g/mol. The fourth-order valence-electron chi connectivity index (χ4n) is 5.03. The first kappa shape index (κ1) is 23.1. The van der Waals surface area contributed by atoms with E-state index in [1.807, 2.05) is 0 Å². The molecule has 4 aliphatic rings. The molecule has 0 radical (unpaired) electrons.